The first-order valence-electron chi connectivity index (χ1n) is 10.4. The average Bonchev–Trinajstić information content (AvgIpc) is 2.71. The van der Waals surface area contributed by atoms with Gasteiger partial charge in [-0.1, -0.05) is 30.3 Å². The van der Waals surface area contributed by atoms with Crippen LogP contribution in [0.1, 0.15) is 39.2 Å². The molecule has 178 valence electrons. The molecule has 1 aromatic carbocycles. The van der Waals surface area contributed by atoms with Crippen LogP contribution in [0, 0.1) is 0 Å². The molecular formula is C21H31N3O7S. The maximum Gasteiger partial charge on any atom is 0.322 e. The lowest BCUT2D eigenvalue weighted by Crippen LogP contribution is -2.56. The first kappa shape index (κ1) is 25.8. The van der Waals surface area contributed by atoms with Crippen LogP contribution < -0.4 is 4.72 Å². The molecular weight excluding hydrogens is 438 g/mol. The highest BCUT2D eigenvalue weighted by Gasteiger charge is 2.32. The number of carbonyl (C=O) groups excluding carboxylic acids is 2. The zero-order valence-corrected chi connectivity index (χ0v) is 19.4. The lowest BCUT2D eigenvalue weighted by Gasteiger charge is -2.34. The van der Waals surface area contributed by atoms with Gasteiger partial charge in [-0.3, -0.25) is 14.4 Å². The van der Waals surface area contributed by atoms with Gasteiger partial charge in [0.15, 0.2) is 0 Å². The molecule has 1 aliphatic rings. The van der Waals surface area contributed by atoms with Crippen molar-refractivity contribution in [2.75, 3.05) is 26.2 Å². The van der Waals surface area contributed by atoms with Gasteiger partial charge in [-0.25, -0.2) is 0 Å². The third kappa shape index (κ3) is 8.21. The zero-order chi connectivity index (χ0) is 23.9. The Labute approximate surface area is 188 Å². The number of rotatable bonds is 9. The van der Waals surface area contributed by atoms with Crippen LogP contribution in [0.25, 0.3) is 0 Å². The zero-order valence-electron chi connectivity index (χ0n) is 18.6. The van der Waals surface area contributed by atoms with Gasteiger partial charge in [0, 0.05) is 32.6 Å². The molecule has 1 saturated heterocycles. The normalized spacial score (nSPS) is 16.4. The van der Waals surface area contributed by atoms with Gasteiger partial charge in [-0.15, -0.1) is 0 Å². The predicted molar refractivity (Wildman–Crippen MR) is 117 cm³/mol. The van der Waals surface area contributed by atoms with Crippen molar-refractivity contribution in [3.8, 4) is 0 Å². The van der Waals surface area contributed by atoms with Crippen LogP contribution in [0.4, 0.5) is 0 Å². The van der Waals surface area contributed by atoms with Gasteiger partial charge in [0.2, 0.25) is 5.91 Å². The largest absolute Gasteiger partial charge is 0.480 e. The molecule has 0 aliphatic carbocycles. The first-order valence-corrected chi connectivity index (χ1v) is 11.8. The summed E-state index contributed by atoms with van der Waals surface area (Å²) in [7, 11) is -4.05. The highest BCUT2D eigenvalue weighted by atomic mass is 32.2. The van der Waals surface area contributed by atoms with Crippen LogP contribution in [-0.4, -0.2) is 78.4 Å². The number of piperazine rings is 1. The molecule has 0 saturated carbocycles. The fraction of sp³-hybridized carbons (Fsp3) is 0.571. The van der Waals surface area contributed by atoms with Gasteiger partial charge in [-0.05, 0) is 32.8 Å². The third-order valence-corrected chi connectivity index (χ3v) is 6.39. The smallest absolute Gasteiger partial charge is 0.322 e. The molecule has 1 heterocycles. The van der Waals surface area contributed by atoms with Crippen molar-refractivity contribution in [2.45, 2.75) is 51.7 Å². The second-order valence-electron chi connectivity index (χ2n) is 8.57. The second-order valence-corrected chi connectivity index (χ2v) is 10.3. The first-order chi connectivity index (χ1) is 14.9. The Hall–Kier alpha value is -2.50. The number of amides is 1. The number of nitrogens with one attached hydrogen (secondary N) is 1. The van der Waals surface area contributed by atoms with E-state index < -0.39 is 33.8 Å². The quantitative estimate of drug-likeness (QED) is 0.511. The molecule has 1 aliphatic heterocycles. The topological polar surface area (TPSA) is 133 Å². The molecule has 2 rings (SSSR count). The molecule has 0 spiro atoms. The van der Waals surface area contributed by atoms with E-state index in [0.29, 0.717) is 5.56 Å². The molecule has 2 N–H and O–H groups in total. The molecule has 32 heavy (non-hydrogen) atoms. The van der Waals surface area contributed by atoms with Crippen LogP contribution >= 0.6 is 0 Å². The van der Waals surface area contributed by atoms with Crippen molar-refractivity contribution in [2.24, 2.45) is 0 Å². The lowest BCUT2D eigenvalue weighted by atomic mass is 10.1. The average molecular weight is 470 g/mol. The number of carbonyl (C=O) groups is 3. The summed E-state index contributed by atoms with van der Waals surface area (Å²) in [5.41, 5.74) is 0.0737. The molecule has 0 unspecified atom stereocenters. The molecule has 1 atom stereocenters. The van der Waals surface area contributed by atoms with Crippen LogP contribution in [-0.2, 0) is 35.8 Å². The van der Waals surface area contributed by atoms with E-state index >= 15 is 0 Å². The Balaban J connectivity index is 1.87. The fourth-order valence-corrected chi connectivity index (χ4v) is 4.56. The summed E-state index contributed by atoms with van der Waals surface area (Å²) < 4.78 is 34.0. The molecule has 0 bridgehead atoms. The van der Waals surface area contributed by atoms with E-state index in [-0.39, 0.29) is 51.3 Å². The summed E-state index contributed by atoms with van der Waals surface area (Å²) in [4.78, 5) is 37.2. The number of nitrogens with zero attached hydrogens (tertiary/aromatic N) is 2. The number of aliphatic carboxylic acids is 1. The van der Waals surface area contributed by atoms with Crippen LogP contribution in [0.3, 0.4) is 0 Å². The minimum atomic E-state index is -4.05. The maximum atomic E-state index is 12.7. The number of ether oxygens (including phenoxy) is 1. The summed E-state index contributed by atoms with van der Waals surface area (Å²) in [6.45, 7) is 5.62. The number of carboxylic acids is 1. The summed E-state index contributed by atoms with van der Waals surface area (Å²) in [5.74, 6) is -1.99. The molecule has 11 heteroatoms. The number of esters is 1. The minimum absolute atomic E-state index is 0.0124. The van der Waals surface area contributed by atoms with Gasteiger partial charge >= 0.3 is 11.9 Å². The van der Waals surface area contributed by atoms with E-state index in [1.165, 1.54) is 4.90 Å². The molecule has 1 fully saturated rings. The van der Waals surface area contributed by atoms with E-state index in [1.54, 1.807) is 51.1 Å². The van der Waals surface area contributed by atoms with Crippen LogP contribution in [0.15, 0.2) is 30.3 Å². The Bertz CT molecular complexity index is 905. The van der Waals surface area contributed by atoms with Crippen molar-refractivity contribution < 1.29 is 32.6 Å². The third-order valence-electron chi connectivity index (χ3n) is 4.77. The number of carboxylic acid groups (broad SMARTS) is 1. The van der Waals surface area contributed by atoms with Gasteiger partial charge in [0.25, 0.3) is 10.2 Å². The summed E-state index contributed by atoms with van der Waals surface area (Å²) in [6, 6.07) is 7.44. The summed E-state index contributed by atoms with van der Waals surface area (Å²) >= 11 is 0. The van der Waals surface area contributed by atoms with Crippen molar-refractivity contribution >= 4 is 28.1 Å². The molecule has 1 aromatic rings. The highest BCUT2D eigenvalue weighted by Crippen LogP contribution is 2.13. The molecule has 0 radical (unpaired) electrons. The number of benzene rings is 1. The van der Waals surface area contributed by atoms with Gasteiger partial charge in [0.05, 0.1) is 6.42 Å². The molecule has 10 nitrogen and oxygen atoms in total. The maximum absolute atomic E-state index is 12.7. The van der Waals surface area contributed by atoms with Crippen molar-refractivity contribution in [3.63, 3.8) is 0 Å². The molecule has 1 amide bonds. The molecule has 0 aromatic heterocycles. The van der Waals surface area contributed by atoms with E-state index in [1.807, 2.05) is 0 Å². The van der Waals surface area contributed by atoms with Crippen molar-refractivity contribution in [1.82, 2.24) is 13.9 Å². The summed E-state index contributed by atoms with van der Waals surface area (Å²) in [5, 5.41) is 9.45. The monoisotopic (exact) mass is 469 g/mol. The Morgan fingerprint density at radius 3 is 2.19 bits per heavy atom. The van der Waals surface area contributed by atoms with Crippen LogP contribution in [0.5, 0.6) is 0 Å². The summed E-state index contributed by atoms with van der Waals surface area (Å²) in [6.07, 6.45) is -0.0491. The van der Waals surface area contributed by atoms with E-state index in [0.717, 1.165) is 4.31 Å². The van der Waals surface area contributed by atoms with E-state index in [4.69, 9.17) is 4.74 Å². The Morgan fingerprint density at radius 1 is 1.06 bits per heavy atom. The standard InChI is InChI=1S/C21H31N3O7S/c1-21(2,3)31-19(26)10-9-18(25)23-11-13-24(14-12-23)32(29,30)22-17(20(27)28)15-16-7-5-4-6-8-16/h4-8,17,22H,9-15H2,1-3H3,(H,27,28)/t17-/m0/s1. The SMILES string of the molecule is CC(C)(C)OC(=O)CCC(=O)N1CCN(S(=O)(=O)N[C@@H](Cc2ccccc2)C(=O)O)CC1. The van der Waals surface area contributed by atoms with Gasteiger partial charge in [0.1, 0.15) is 11.6 Å². The van der Waals surface area contributed by atoms with E-state index in [2.05, 4.69) is 4.72 Å². The predicted octanol–water partition coefficient (Wildman–Crippen LogP) is 0.783. The van der Waals surface area contributed by atoms with Gasteiger partial charge < -0.3 is 14.7 Å². The highest BCUT2D eigenvalue weighted by molar-refractivity contribution is 7.87. The van der Waals surface area contributed by atoms with Crippen molar-refractivity contribution in [1.29, 1.82) is 0 Å². The van der Waals surface area contributed by atoms with Gasteiger partial charge in [-0.2, -0.15) is 17.4 Å². The Morgan fingerprint density at radius 2 is 1.66 bits per heavy atom. The van der Waals surface area contributed by atoms with Crippen LogP contribution in [0.2, 0.25) is 0 Å². The second kappa shape index (κ2) is 10.9. The minimum Gasteiger partial charge on any atom is -0.480 e. The van der Waals surface area contributed by atoms with E-state index in [9.17, 15) is 27.9 Å². The fourth-order valence-electron chi connectivity index (χ4n) is 3.22. The number of hydrogen-bond acceptors (Lipinski definition) is 6. The lowest BCUT2D eigenvalue weighted by molar-refractivity contribution is -0.156. The van der Waals surface area contributed by atoms with Crippen molar-refractivity contribution in [3.05, 3.63) is 35.9 Å². The Kier molecular flexibility index (Phi) is 8.76. The number of hydrogen-bond donors (Lipinski definition) is 2.